The molecule has 0 saturated carbocycles. The molecule has 0 atom stereocenters. The number of aryl methyl sites for hydroxylation is 1. The van der Waals surface area contributed by atoms with Gasteiger partial charge in [-0.2, -0.15) is 5.10 Å². The van der Waals surface area contributed by atoms with E-state index in [0.29, 0.717) is 11.1 Å². The first-order valence-corrected chi connectivity index (χ1v) is 8.46. The number of halogens is 1. The van der Waals surface area contributed by atoms with Crippen molar-refractivity contribution in [2.75, 3.05) is 4.72 Å². The van der Waals surface area contributed by atoms with Crippen molar-refractivity contribution in [3.8, 4) is 0 Å². The highest BCUT2D eigenvalue weighted by Gasteiger charge is 2.16. The minimum Gasteiger partial charge on any atom is -0.279 e. The molecule has 0 aliphatic rings. The van der Waals surface area contributed by atoms with Gasteiger partial charge in [0.25, 0.3) is 10.0 Å². The Kier molecular flexibility index (Phi) is 3.46. The number of fused-ring (bicyclic) bond motifs is 1. The number of aromatic amines is 1. The van der Waals surface area contributed by atoms with Crippen LogP contribution in [-0.4, -0.2) is 18.6 Å². The van der Waals surface area contributed by atoms with E-state index >= 15 is 0 Å². The van der Waals surface area contributed by atoms with E-state index in [1.54, 1.807) is 42.6 Å². The third kappa shape index (κ3) is 2.66. The summed E-state index contributed by atoms with van der Waals surface area (Å²) in [6.45, 7) is 1.91. The molecule has 0 bridgehead atoms. The van der Waals surface area contributed by atoms with E-state index in [0.717, 1.165) is 15.6 Å². The molecule has 5 nitrogen and oxygen atoms in total. The molecule has 108 valence electrons. The van der Waals surface area contributed by atoms with E-state index < -0.39 is 10.0 Å². The Morgan fingerprint density at radius 1 is 1.14 bits per heavy atom. The number of benzene rings is 2. The van der Waals surface area contributed by atoms with E-state index in [4.69, 9.17) is 0 Å². The van der Waals surface area contributed by atoms with Crippen LogP contribution in [0.25, 0.3) is 10.9 Å². The molecule has 3 aromatic rings. The Labute approximate surface area is 130 Å². The quantitative estimate of drug-likeness (QED) is 0.746. The molecule has 7 heteroatoms. The lowest BCUT2D eigenvalue weighted by Crippen LogP contribution is -2.13. The predicted octanol–water partition coefficient (Wildman–Crippen LogP) is 3.43. The summed E-state index contributed by atoms with van der Waals surface area (Å²) < 4.78 is 28.2. The van der Waals surface area contributed by atoms with Crippen LogP contribution in [0.4, 0.5) is 5.69 Å². The molecule has 0 radical (unpaired) electrons. The van der Waals surface area contributed by atoms with E-state index in [-0.39, 0.29) is 4.90 Å². The summed E-state index contributed by atoms with van der Waals surface area (Å²) in [7, 11) is -3.62. The largest absolute Gasteiger partial charge is 0.279 e. The number of nitrogens with one attached hydrogen (secondary N) is 2. The Morgan fingerprint density at radius 3 is 2.57 bits per heavy atom. The van der Waals surface area contributed by atoms with Crippen LogP contribution in [-0.2, 0) is 10.0 Å². The number of aromatic nitrogens is 2. The fourth-order valence-corrected chi connectivity index (χ4v) is 3.53. The van der Waals surface area contributed by atoms with Crippen LogP contribution in [0.5, 0.6) is 0 Å². The summed E-state index contributed by atoms with van der Waals surface area (Å²) in [5.41, 5.74) is 2.25. The maximum atomic E-state index is 12.4. The summed E-state index contributed by atoms with van der Waals surface area (Å²) in [6.07, 6.45) is 1.59. The number of sulfonamides is 1. The average Bonchev–Trinajstić information content (AvgIpc) is 2.93. The highest BCUT2D eigenvalue weighted by atomic mass is 79.9. The van der Waals surface area contributed by atoms with Crippen molar-refractivity contribution in [1.29, 1.82) is 0 Å². The molecule has 2 aromatic carbocycles. The standard InChI is InChI=1S/C14H12BrN3O2S/c1-9-2-4-10(5-3-9)21(19,20)18-13-7-6-12(15)14-11(13)8-16-17-14/h2-8,18H,1H3,(H,16,17). The molecule has 1 heterocycles. The van der Waals surface area contributed by atoms with Gasteiger partial charge in [-0.15, -0.1) is 0 Å². The second-order valence-corrected chi connectivity index (χ2v) is 7.21. The molecule has 0 unspecified atom stereocenters. The van der Waals surface area contributed by atoms with E-state index in [1.807, 2.05) is 6.92 Å². The molecule has 21 heavy (non-hydrogen) atoms. The van der Waals surface area contributed by atoms with Gasteiger partial charge in [-0.3, -0.25) is 9.82 Å². The van der Waals surface area contributed by atoms with Crippen molar-refractivity contribution in [2.24, 2.45) is 0 Å². The molecular formula is C14H12BrN3O2S. The normalized spacial score (nSPS) is 11.7. The first-order valence-electron chi connectivity index (χ1n) is 6.18. The minimum absolute atomic E-state index is 0.229. The van der Waals surface area contributed by atoms with Crippen molar-refractivity contribution in [1.82, 2.24) is 10.2 Å². The van der Waals surface area contributed by atoms with Gasteiger partial charge in [-0.05, 0) is 47.1 Å². The first kappa shape index (κ1) is 14.1. The molecule has 0 amide bonds. The lowest BCUT2D eigenvalue weighted by atomic mass is 10.2. The Hall–Kier alpha value is -1.86. The topological polar surface area (TPSA) is 74.8 Å². The Morgan fingerprint density at radius 2 is 1.86 bits per heavy atom. The molecule has 0 aliphatic carbocycles. The number of H-pyrrole nitrogens is 1. The molecule has 0 saturated heterocycles. The van der Waals surface area contributed by atoms with Crippen molar-refractivity contribution in [3.05, 3.63) is 52.6 Å². The molecular weight excluding hydrogens is 354 g/mol. The molecule has 0 spiro atoms. The predicted molar refractivity (Wildman–Crippen MR) is 85.8 cm³/mol. The number of anilines is 1. The summed E-state index contributed by atoms with van der Waals surface area (Å²) >= 11 is 3.39. The third-order valence-corrected chi connectivity index (χ3v) is 5.18. The Balaban J connectivity index is 2.03. The van der Waals surface area contributed by atoms with E-state index in [1.165, 1.54) is 0 Å². The van der Waals surface area contributed by atoms with Crippen LogP contribution in [0.3, 0.4) is 0 Å². The average molecular weight is 366 g/mol. The number of hydrogen-bond donors (Lipinski definition) is 2. The molecule has 2 N–H and O–H groups in total. The zero-order valence-corrected chi connectivity index (χ0v) is 13.5. The number of hydrogen-bond acceptors (Lipinski definition) is 3. The van der Waals surface area contributed by atoms with Crippen LogP contribution in [0.1, 0.15) is 5.56 Å². The second kappa shape index (κ2) is 5.16. The first-order chi connectivity index (χ1) is 9.97. The fourth-order valence-electron chi connectivity index (χ4n) is 2.01. The summed E-state index contributed by atoms with van der Waals surface area (Å²) in [5.74, 6) is 0. The summed E-state index contributed by atoms with van der Waals surface area (Å²) in [6, 6.07) is 10.2. The van der Waals surface area contributed by atoms with Crippen LogP contribution in [0, 0.1) is 6.92 Å². The highest BCUT2D eigenvalue weighted by molar-refractivity contribution is 9.10. The van der Waals surface area contributed by atoms with Crippen molar-refractivity contribution in [3.63, 3.8) is 0 Å². The summed E-state index contributed by atoms with van der Waals surface area (Å²) in [4.78, 5) is 0.229. The van der Waals surface area contributed by atoms with Gasteiger partial charge >= 0.3 is 0 Å². The van der Waals surface area contributed by atoms with Gasteiger partial charge in [0.15, 0.2) is 0 Å². The Bertz CT molecular complexity index is 902. The monoisotopic (exact) mass is 365 g/mol. The SMILES string of the molecule is Cc1ccc(S(=O)(=O)Nc2ccc(Br)c3[nH]ncc23)cc1. The number of nitrogens with zero attached hydrogens (tertiary/aromatic N) is 1. The number of rotatable bonds is 3. The lowest BCUT2D eigenvalue weighted by molar-refractivity contribution is 0.601. The molecule has 0 fully saturated rings. The van der Waals surface area contributed by atoms with Crippen LogP contribution >= 0.6 is 15.9 Å². The van der Waals surface area contributed by atoms with Crippen LogP contribution in [0.15, 0.2) is 52.0 Å². The van der Waals surface area contributed by atoms with Gasteiger partial charge in [-0.25, -0.2) is 8.42 Å². The van der Waals surface area contributed by atoms with Gasteiger partial charge in [0.2, 0.25) is 0 Å². The maximum absolute atomic E-state index is 12.4. The van der Waals surface area contributed by atoms with Gasteiger partial charge in [0.1, 0.15) is 0 Å². The minimum atomic E-state index is -3.62. The third-order valence-electron chi connectivity index (χ3n) is 3.14. The van der Waals surface area contributed by atoms with Gasteiger partial charge in [-0.1, -0.05) is 17.7 Å². The van der Waals surface area contributed by atoms with Gasteiger partial charge in [0.05, 0.1) is 22.3 Å². The molecule has 0 aliphatic heterocycles. The second-order valence-electron chi connectivity index (χ2n) is 4.67. The summed E-state index contributed by atoms with van der Waals surface area (Å²) in [5, 5.41) is 7.49. The zero-order chi connectivity index (χ0) is 15.0. The van der Waals surface area contributed by atoms with Crippen molar-refractivity contribution < 1.29 is 8.42 Å². The zero-order valence-electron chi connectivity index (χ0n) is 11.1. The molecule has 3 rings (SSSR count). The smallest absolute Gasteiger partial charge is 0.261 e. The van der Waals surface area contributed by atoms with E-state index in [9.17, 15) is 8.42 Å². The van der Waals surface area contributed by atoms with Crippen molar-refractivity contribution in [2.45, 2.75) is 11.8 Å². The van der Waals surface area contributed by atoms with Gasteiger partial charge in [0, 0.05) is 9.86 Å². The highest BCUT2D eigenvalue weighted by Crippen LogP contribution is 2.29. The molecule has 1 aromatic heterocycles. The maximum Gasteiger partial charge on any atom is 0.261 e. The lowest BCUT2D eigenvalue weighted by Gasteiger charge is -2.09. The van der Waals surface area contributed by atoms with Crippen LogP contribution in [0.2, 0.25) is 0 Å². The van der Waals surface area contributed by atoms with E-state index in [2.05, 4.69) is 30.8 Å². The van der Waals surface area contributed by atoms with Crippen LogP contribution < -0.4 is 4.72 Å². The van der Waals surface area contributed by atoms with Gasteiger partial charge < -0.3 is 0 Å². The fraction of sp³-hybridized carbons (Fsp3) is 0.0714. The van der Waals surface area contributed by atoms with Crippen molar-refractivity contribution >= 4 is 42.5 Å².